The average molecular weight is 223 g/mol. The topological polar surface area (TPSA) is 60.2 Å². The number of nitrogens with two attached hydrogens (primary N) is 1. The molecule has 16 heavy (non-hydrogen) atoms. The number of aryl methyl sites for hydroxylation is 1. The summed E-state index contributed by atoms with van der Waals surface area (Å²) in [7, 11) is 0. The van der Waals surface area contributed by atoms with Gasteiger partial charge in [0.2, 0.25) is 0 Å². The molecule has 0 aliphatic carbocycles. The molecule has 0 amide bonds. The Bertz CT molecular complexity index is 317. The molecule has 0 bridgehead atoms. The second kappa shape index (κ2) is 6.58. The Balaban J connectivity index is 2.92. The van der Waals surface area contributed by atoms with Gasteiger partial charge in [0.1, 0.15) is 0 Å². The fourth-order valence-electron chi connectivity index (χ4n) is 1.86. The Kier molecular flexibility index (Phi) is 5.38. The molecule has 0 saturated heterocycles. The number of nitrogens with one attached hydrogen (secondary N) is 1. The number of hydrazine groups is 1. The highest BCUT2D eigenvalue weighted by atomic mass is 16.5. The van der Waals surface area contributed by atoms with E-state index in [1.165, 1.54) is 5.56 Å². The van der Waals surface area contributed by atoms with Crippen molar-refractivity contribution in [2.45, 2.75) is 39.3 Å². The van der Waals surface area contributed by atoms with Gasteiger partial charge < -0.3 is 4.74 Å². The molecule has 4 heteroatoms. The van der Waals surface area contributed by atoms with Crippen molar-refractivity contribution >= 4 is 0 Å². The van der Waals surface area contributed by atoms with Crippen molar-refractivity contribution in [3.8, 4) is 0 Å². The minimum atomic E-state index is -0.00125. The highest BCUT2D eigenvalue weighted by molar-refractivity contribution is 5.25. The van der Waals surface area contributed by atoms with Crippen LogP contribution >= 0.6 is 0 Å². The Morgan fingerprint density at radius 1 is 1.50 bits per heavy atom. The lowest BCUT2D eigenvalue weighted by Crippen LogP contribution is -2.38. The number of ether oxygens (including phenoxy) is 1. The van der Waals surface area contributed by atoms with Gasteiger partial charge in [0.05, 0.1) is 12.1 Å². The van der Waals surface area contributed by atoms with Crippen LogP contribution in [0.3, 0.4) is 0 Å². The monoisotopic (exact) mass is 223 g/mol. The van der Waals surface area contributed by atoms with E-state index in [-0.39, 0.29) is 12.1 Å². The molecule has 0 fully saturated rings. The average Bonchev–Trinajstić information content (AvgIpc) is 2.31. The minimum absolute atomic E-state index is 0.00125. The summed E-state index contributed by atoms with van der Waals surface area (Å²) in [5.74, 6) is 5.62. The lowest BCUT2D eigenvalue weighted by Gasteiger charge is -2.26. The number of nitrogens with zero attached hydrogens (tertiary/aromatic N) is 1. The maximum atomic E-state index is 5.68. The van der Waals surface area contributed by atoms with E-state index in [1.54, 1.807) is 6.20 Å². The van der Waals surface area contributed by atoms with Gasteiger partial charge in [-0.05, 0) is 37.5 Å². The highest BCUT2D eigenvalue weighted by Crippen LogP contribution is 2.22. The summed E-state index contributed by atoms with van der Waals surface area (Å²) in [6, 6.07) is 1.98. The molecule has 3 N–H and O–H groups in total. The summed E-state index contributed by atoms with van der Waals surface area (Å²) in [4.78, 5) is 4.14. The molecular weight excluding hydrogens is 202 g/mol. The zero-order valence-electron chi connectivity index (χ0n) is 10.2. The first kappa shape index (κ1) is 13.1. The van der Waals surface area contributed by atoms with E-state index >= 15 is 0 Å². The van der Waals surface area contributed by atoms with Crippen molar-refractivity contribution in [3.63, 3.8) is 0 Å². The van der Waals surface area contributed by atoms with E-state index in [9.17, 15) is 0 Å². The minimum Gasteiger partial charge on any atom is -0.376 e. The van der Waals surface area contributed by atoms with Gasteiger partial charge >= 0.3 is 0 Å². The number of pyridine rings is 1. The van der Waals surface area contributed by atoms with Crippen LogP contribution in [0, 0.1) is 6.92 Å². The van der Waals surface area contributed by atoms with Crippen LogP contribution in [-0.4, -0.2) is 17.7 Å². The van der Waals surface area contributed by atoms with Gasteiger partial charge in [-0.15, -0.1) is 0 Å². The molecular formula is C12H21N3O. The molecule has 0 spiro atoms. The van der Waals surface area contributed by atoms with Crippen molar-refractivity contribution < 1.29 is 4.74 Å². The molecule has 0 radical (unpaired) electrons. The number of rotatable bonds is 6. The van der Waals surface area contributed by atoms with E-state index in [0.717, 1.165) is 12.0 Å². The Labute approximate surface area is 97.2 Å². The lowest BCUT2D eigenvalue weighted by molar-refractivity contribution is 0.0311. The first-order chi connectivity index (χ1) is 7.74. The fraction of sp³-hybridized carbons (Fsp3) is 0.583. The van der Waals surface area contributed by atoms with Gasteiger partial charge in [0.25, 0.3) is 0 Å². The summed E-state index contributed by atoms with van der Waals surface area (Å²) in [5.41, 5.74) is 5.11. The molecule has 2 atom stereocenters. The smallest absolute Gasteiger partial charge is 0.0780 e. The zero-order chi connectivity index (χ0) is 12.0. The predicted octanol–water partition coefficient (Wildman–Crippen LogP) is 1.71. The van der Waals surface area contributed by atoms with Gasteiger partial charge in [0.15, 0.2) is 0 Å². The van der Waals surface area contributed by atoms with Crippen LogP contribution in [0.4, 0.5) is 0 Å². The largest absolute Gasteiger partial charge is 0.376 e. The normalized spacial score (nSPS) is 14.8. The molecule has 4 nitrogen and oxygen atoms in total. The van der Waals surface area contributed by atoms with E-state index in [0.29, 0.717) is 6.61 Å². The predicted molar refractivity (Wildman–Crippen MR) is 64.7 cm³/mol. The molecule has 1 rings (SSSR count). The highest BCUT2D eigenvalue weighted by Gasteiger charge is 2.22. The standard InChI is InChI=1S/C12H21N3O/c1-4-11(16-5-2)12(15-13)10-8-14-7-6-9(10)3/h6-8,11-12,15H,4-5,13H2,1-3H3. The van der Waals surface area contributed by atoms with Crippen molar-refractivity contribution in [3.05, 3.63) is 29.6 Å². The van der Waals surface area contributed by atoms with E-state index in [2.05, 4.69) is 24.3 Å². The third-order valence-electron chi connectivity index (χ3n) is 2.75. The van der Waals surface area contributed by atoms with Gasteiger partial charge in [-0.2, -0.15) is 0 Å². The van der Waals surface area contributed by atoms with E-state index in [1.807, 2.05) is 19.2 Å². The van der Waals surface area contributed by atoms with Crippen LogP contribution in [0.25, 0.3) is 0 Å². The SMILES string of the molecule is CCOC(CC)C(NN)c1cnccc1C. The van der Waals surface area contributed by atoms with E-state index < -0.39 is 0 Å². The third-order valence-corrected chi connectivity index (χ3v) is 2.75. The van der Waals surface area contributed by atoms with Crippen molar-refractivity contribution in [2.75, 3.05) is 6.61 Å². The summed E-state index contributed by atoms with van der Waals surface area (Å²) < 4.78 is 5.68. The maximum absolute atomic E-state index is 5.68. The lowest BCUT2D eigenvalue weighted by atomic mass is 9.98. The van der Waals surface area contributed by atoms with Crippen molar-refractivity contribution in [1.82, 2.24) is 10.4 Å². The Morgan fingerprint density at radius 3 is 2.75 bits per heavy atom. The van der Waals surface area contributed by atoms with Crippen LogP contribution in [0.1, 0.15) is 37.4 Å². The van der Waals surface area contributed by atoms with Crippen molar-refractivity contribution in [2.24, 2.45) is 5.84 Å². The Morgan fingerprint density at radius 2 is 2.25 bits per heavy atom. The van der Waals surface area contributed by atoms with Crippen LogP contribution in [-0.2, 0) is 4.74 Å². The van der Waals surface area contributed by atoms with Gasteiger partial charge in [-0.3, -0.25) is 16.3 Å². The molecule has 0 aromatic carbocycles. The summed E-state index contributed by atoms with van der Waals surface area (Å²) in [6.07, 6.45) is 4.63. The summed E-state index contributed by atoms with van der Waals surface area (Å²) >= 11 is 0. The molecule has 2 unspecified atom stereocenters. The first-order valence-corrected chi connectivity index (χ1v) is 5.72. The van der Waals surface area contributed by atoms with Crippen LogP contribution in [0.5, 0.6) is 0 Å². The maximum Gasteiger partial charge on any atom is 0.0780 e. The van der Waals surface area contributed by atoms with Crippen LogP contribution in [0.2, 0.25) is 0 Å². The third kappa shape index (κ3) is 3.01. The molecule has 0 aliphatic rings. The van der Waals surface area contributed by atoms with Gasteiger partial charge in [-0.25, -0.2) is 0 Å². The summed E-state index contributed by atoms with van der Waals surface area (Å²) in [5, 5.41) is 0. The second-order valence-corrected chi connectivity index (χ2v) is 3.78. The van der Waals surface area contributed by atoms with E-state index in [4.69, 9.17) is 10.6 Å². The molecule has 1 heterocycles. The number of hydrogen-bond donors (Lipinski definition) is 2. The number of aromatic nitrogens is 1. The second-order valence-electron chi connectivity index (χ2n) is 3.78. The molecule has 1 aromatic rings. The molecule has 0 saturated carbocycles. The number of hydrogen-bond acceptors (Lipinski definition) is 4. The molecule has 0 aliphatic heterocycles. The molecule has 1 aromatic heterocycles. The quantitative estimate of drug-likeness (QED) is 0.569. The first-order valence-electron chi connectivity index (χ1n) is 5.72. The van der Waals surface area contributed by atoms with Crippen LogP contribution in [0.15, 0.2) is 18.5 Å². The van der Waals surface area contributed by atoms with Gasteiger partial charge in [0, 0.05) is 19.0 Å². The Hall–Kier alpha value is -0.970. The van der Waals surface area contributed by atoms with Gasteiger partial charge in [-0.1, -0.05) is 6.92 Å². The fourth-order valence-corrected chi connectivity index (χ4v) is 1.86. The summed E-state index contributed by atoms with van der Waals surface area (Å²) in [6.45, 7) is 6.83. The van der Waals surface area contributed by atoms with Crippen molar-refractivity contribution in [1.29, 1.82) is 0 Å². The zero-order valence-corrected chi connectivity index (χ0v) is 10.2. The van der Waals surface area contributed by atoms with Crippen LogP contribution < -0.4 is 11.3 Å². The molecule has 90 valence electrons.